The van der Waals surface area contributed by atoms with Crippen molar-refractivity contribution in [2.24, 2.45) is 17.8 Å². The van der Waals surface area contributed by atoms with E-state index in [4.69, 9.17) is 16.3 Å². The molecule has 240 valence electrons. The molecule has 1 N–H and O–H groups in total. The SMILES string of the molecule is C=CCN(C(=O)[C@@H]1[C@H]2C(=O)N(CCCCO)C(C(=O)N(CC=C)c3ccccc3Cl)C23S[C@@H]1CC3C)c1ccc(OCC)cc1. The minimum Gasteiger partial charge on any atom is -0.494 e. The molecule has 0 radical (unpaired) electrons. The lowest BCUT2D eigenvalue weighted by atomic mass is 9.65. The van der Waals surface area contributed by atoms with E-state index in [2.05, 4.69) is 20.1 Å². The van der Waals surface area contributed by atoms with Crippen molar-refractivity contribution in [2.75, 3.05) is 42.6 Å². The number of carbonyl (C=O) groups is 3. The van der Waals surface area contributed by atoms with Gasteiger partial charge in [-0.2, -0.15) is 0 Å². The molecule has 2 aromatic carbocycles. The maximum absolute atomic E-state index is 14.8. The van der Waals surface area contributed by atoms with E-state index < -0.39 is 22.6 Å². The van der Waals surface area contributed by atoms with Gasteiger partial charge in [-0.15, -0.1) is 24.9 Å². The molecule has 5 rings (SSSR count). The van der Waals surface area contributed by atoms with Crippen LogP contribution in [0.5, 0.6) is 5.75 Å². The fourth-order valence-corrected chi connectivity index (χ4v) is 10.1. The van der Waals surface area contributed by atoms with Crippen molar-refractivity contribution < 1.29 is 24.2 Å². The fourth-order valence-electron chi connectivity index (χ4n) is 7.49. The van der Waals surface area contributed by atoms with Gasteiger partial charge < -0.3 is 24.5 Å². The topological polar surface area (TPSA) is 90.4 Å². The predicted octanol–water partition coefficient (Wildman–Crippen LogP) is 5.59. The van der Waals surface area contributed by atoms with Crippen LogP contribution >= 0.6 is 23.4 Å². The molecule has 3 aliphatic heterocycles. The third kappa shape index (κ3) is 5.79. The molecule has 2 aromatic rings. The molecular formula is C35H42ClN3O5S. The first-order valence-electron chi connectivity index (χ1n) is 15.7. The summed E-state index contributed by atoms with van der Waals surface area (Å²) in [4.78, 5) is 49.0. The van der Waals surface area contributed by atoms with Crippen molar-refractivity contribution in [3.05, 3.63) is 78.9 Å². The molecule has 3 unspecified atom stereocenters. The number of ether oxygens (including phenoxy) is 1. The van der Waals surface area contributed by atoms with Crippen LogP contribution in [0, 0.1) is 17.8 Å². The number of aliphatic hydroxyl groups is 1. The van der Waals surface area contributed by atoms with Gasteiger partial charge in [0.05, 0.1) is 33.9 Å². The highest BCUT2D eigenvalue weighted by Crippen LogP contribution is 2.69. The Labute approximate surface area is 275 Å². The Morgan fingerprint density at radius 2 is 1.78 bits per heavy atom. The summed E-state index contributed by atoms with van der Waals surface area (Å²) in [6.07, 6.45) is 5.11. The van der Waals surface area contributed by atoms with Crippen molar-refractivity contribution in [3.8, 4) is 5.75 Å². The first-order valence-corrected chi connectivity index (χ1v) is 16.9. The second-order valence-corrected chi connectivity index (χ2v) is 13.8. The predicted molar refractivity (Wildman–Crippen MR) is 181 cm³/mol. The minimum absolute atomic E-state index is 0.00956. The number of benzene rings is 2. The number of para-hydroxylation sites is 1. The Morgan fingerprint density at radius 1 is 1.09 bits per heavy atom. The molecule has 45 heavy (non-hydrogen) atoms. The van der Waals surface area contributed by atoms with Gasteiger partial charge in [0.25, 0.3) is 5.91 Å². The van der Waals surface area contributed by atoms with Crippen molar-refractivity contribution in [2.45, 2.75) is 49.1 Å². The number of anilines is 2. The smallest absolute Gasteiger partial charge is 0.251 e. The Morgan fingerprint density at radius 3 is 2.42 bits per heavy atom. The number of hydrogen-bond donors (Lipinski definition) is 1. The van der Waals surface area contributed by atoms with Crippen LogP contribution in [-0.2, 0) is 14.4 Å². The maximum atomic E-state index is 14.8. The third-order valence-electron chi connectivity index (χ3n) is 9.33. The molecule has 0 aromatic heterocycles. The number of rotatable bonds is 14. The molecule has 3 heterocycles. The number of halogens is 1. The average Bonchev–Trinajstić information content (AvgIpc) is 3.63. The molecular weight excluding hydrogens is 610 g/mol. The number of unbranched alkanes of at least 4 members (excludes halogenated alkanes) is 1. The van der Waals surface area contributed by atoms with E-state index in [1.165, 1.54) is 0 Å². The Balaban J connectivity index is 1.56. The van der Waals surface area contributed by atoms with Crippen LogP contribution in [0.3, 0.4) is 0 Å². The van der Waals surface area contributed by atoms with Gasteiger partial charge in [-0.3, -0.25) is 14.4 Å². The van der Waals surface area contributed by atoms with Gasteiger partial charge in [0, 0.05) is 37.2 Å². The molecule has 6 atom stereocenters. The van der Waals surface area contributed by atoms with Gasteiger partial charge in [0.1, 0.15) is 11.8 Å². The number of nitrogens with zero attached hydrogens (tertiary/aromatic N) is 3. The van der Waals surface area contributed by atoms with Crippen molar-refractivity contribution in [1.82, 2.24) is 4.90 Å². The minimum atomic E-state index is -0.800. The average molecular weight is 652 g/mol. The van der Waals surface area contributed by atoms with Crippen LogP contribution in [-0.4, -0.2) is 76.6 Å². The number of carbonyl (C=O) groups excluding carboxylic acids is 3. The number of amides is 3. The summed E-state index contributed by atoms with van der Waals surface area (Å²) >= 11 is 8.24. The van der Waals surface area contributed by atoms with E-state index in [1.807, 2.05) is 43.3 Å². The number of fused-ring (bicyclic) bond motifs is 1. The Hall–Kier alpha value is -3.27. The summed E-state index contributed by atoms with van der Waals surface area (Å²) in [6, 6.07) is 13.7. The molecule has 3 amide bonds. The molecule has 3 saturated heterocycles. The van der Waals surface area contributed by atoms with E-state index in [1.54, 1.807) is 50.7 Å². The monoisotopic (exact) mass is 651 g/mol. The highest BCUT2D eigenvalue weighted by Gasteiger charge is 2.76. The molecule has 0 aliphatic carbocycles. The van der Waals surface area contributed by atoms with Crippen molar-refractivity contribution >= 4 is 52.5 Å². The summed E-state index contributed by atoms with van der Waals surface area (Å²) in [5, 5.41) is 9.85. The van der Waals surface area contributed by atoms with Crippen LogP contribution in [0.25, 0.3) is 0 Å². The highest BCUT2D eigenvalue weighted by molar-refractivity contribution is 8.02. The van der Waals surface area contributed by atoms with Crippen LogP contribution in [0.2, 0.25) is 5.02 Å². The maximum Gasteiger partial charge on any atom is 0.251 e. The number of likely N-dealkylation sites (tertiary alicyclic amines) is 1. The zero-order valence-electron chi connectivity index (χ0n) is 25.9. The zero-order chi connectivity index (χ0) is 32.3. The van der Waals surface area contributed by atoms with Gasteiger partial charge in [-0.1, -0.05) is 42.8 Å². The summed E-state index contributed by atoms with van der Waals surface area (Å²) in [7, 11) is 0. The Kier molecular flexibility index (Phi) is 10.3. The second-order valence-electron chi connectivity index (χ2n) is 11.9. The van der Waals surface area contributed by atoms with Crippen LogP contribution in [0.1, 0.15) is 33.1 Å². The van der Waals surface area contributed by atoms with Gasteiger partial charge in [0.2, 0.25) is 11.8 Å². The summed E-state index contributed by atoms with van der Waals surface area (Å²) in [5.74, 6) is -1.09. The number of aliphatic hydroxyl groups excluding tert-OH is 1. The quantitative estimate of drug-likeness (QED) is 0.212. The van der Waals surface area contributed by atoms with Crippen molar-refractivity contribution in [1.29, 1.82) is 0 Å². The molecule has 0 saturated carbocycles. The number of hydrogen-bond acceptors (Lipinski definition) is 6. The van der Waals surface area contributed by atoms with Gasteiger partial charge in [-0.25, -0.2) is 0 Å². The molecule has 10 heteroatoms. The van der Waals surface area contributed by atoms with E-state index in [-0.39, 0.29) is 48.6 Å². The molecule has 1 spiro atoms. The second kappa shape index (κ2) is 14.0. The van der Waals surface area contributed by atoms with E-state index in [9.17, 15) is 19.5 Å². The lowest BCUT2D eigenvalue weighted by Gasteiger charge is -2.41. The highest BCUT2D eigenvalue weighted by atomic mass is 35.5. The zero-order valence-corrected chi connectivity index (χ0v) is 27.5. The van der Waals surface area contributed by atoms with Gasteiger partial charge in [-0.05, 0) is 68.5 Å². The summed E-state index contributed by atoms with van der Waals surface area (Å²) < 4.78 is 4.81. The fraction of sp³-hybridized carbons (Fsp3) is 0.457. The molecule has 3 fully saturated rings. The van der Waals surface area contributed by atoms with Crippen LogP contribution < -0.4 is 14.5 Å². The standard InChI is InChI=1S/C35H42ClN3O5S/c1-5-18-37(24-14-16-25(17-15-24)44-7-3)32(41)29-28-22-23(4)35(45-28)30(29)33(42)39(20-10-11-21-40)31(35)34(43)38(19-6-2)27-13-9-8-12-26(27)36/h5-6,8-9,12-17,23,28-31,40H,1-2,7,10-11,18-22H2,3-4H3/t23?,28-,29+,30+,31?,35?/m1/s1. The van der Waals surface area contributed by atoms with E-state index in [0.717, 1.165) is 6.42 Å². The van der Waals surface area contributed by atoms with Gasteiger partial charge >= 0.3 is 0 Å². The molecule has 8 nitrogen and oxygen atoms in total. The third-order valence-corrected chi connectivity index (χ3v) is 11.7. The molecule has 3 aliphatic rings. The van der Waals surface area contributed by atoms with Crippen LogP contribution in [0.4, 0.5) is 11.4 Å². The van der Waals surface area contributed by atoms with E-state index >= 15 is 0 Å². The first-order chi connectivity index (χ1) is 21.7. The molecule has 2 bridgehead atoms. The summed E-state index contributed by atoms with van der Waals surface area (Å²) in [6.45, 7) is 13.1. The normalized spacial score (nSPS) is 26.4. The lowest BCUT2D eigenvalue weighted by molar-refractivity contribution is -0.139. The van der Waals surface area contributed by atoms with Crippen molar-refractivity contribution in [3.63, 3.8) is 0 Å². The lowest BCUT2D eigenvalue weighted by Crippen LogP contribution is -2.57. The Bertz CT molecular complexity index is 1440. The largest absolute Gasteiger partial charge is 0.494 e. The number of thioether (sulfide) groups is 1. The summed E-state index contributed by atoms with van der Waals surface area (Å²) in [5.41, 5.74) is 1.25. The van der Waals surface area contributed by atoms with E-state index in [0.29, 0.717) is 48.1 Å². The first kappa shape index (κ1) is 33.1. The van der Waals surface area contributed by atoms with Gasteiger partial charge in [0.15, 0.2) is 0 Å². The van der Waals surface area contributed by atoms with Crippen LogP contribution in [0.15, 0.2) is 73.8 Å².